The van der Waals surface area contributed by atoms with Gasteiger partial charge in [-0.15, -0.1) is 0 Å². The summed E-state index contributed by atoms with van der Waals surface area (Å²) in [4.78, 5) is 0. The molecule has 0 radical (unpaired) electrons. The van der Waals surface area contributed by atoms with Gasteiger partial charge in [0.15, 0.2) is 0 Å². The summed E-state index contributed by atoms with van der Waals surface area (Å²) in [6.07, 6.45) is 2.82. The van der Waals surface area contributed by atoms with Crippen molar-refractivity contribution in [2.45, 2.75) is 26.2 Å². The molecule has 0 bridgehead atoms. The molecule has 0 heterocycles. The first kappa shape index (κ1) is 14.5. The van der Waals surface area contributed by atoms with Crippen LogP contribution >= 0.6 is 0 Å². The molecule has 1 rings (SSSR count). The first-order valence-electron chi connectivity index (χ1n) is 6.25. The second-order valence-electron chi connectivity index (χ2n) is 4.35. The average molecular weight is 250 g/mol. The maximum atomic E-state index is 13.0. The molecule has 3 nitrogen and oxygen atoms in total. The van der Waals surface area contributed by atoms with Gasteiger partial charge >= 0.3 is 0 Å². The number of nitriles is 1. The van der Waals surface area contributed by atoms with Crippen molar-refractivity contribution < 1.29 is 9.50 Å². The normalized spacial score (nSPS) is 11.9. The lowest BCUT2D eigenvalue weighted by molar-refractivity contribution is 0.255. The summed E-state index contributed by atoms with van der Waals surface area (Å²) in [7, 11) is 0. The van der Waals surface area contributed by atoms with Crippen LogP contribution in [0.1, 0.15) is 31.7 Å². The smallest absolute Gasteiger partial charge is 0.124 e. The molecule has 0 spiro atoms. The number of nitrogens with zero attached hydrogens (tertiary/aromatic N) is 1. The molecule has 0 fully saturated rings. The maximum absolute atomic E-state index is 13.0. The van der Waals surface area contributed by atoms with Gasteiger partial charge in [-0.25, -0.2) is 4.39 Å². The summed E-state index contributed by atoms with van der Waals surface area (Å²) in [6, 6.07) is 6.11. The molecular formula is C14H19FN2O. The highest BCUT2D eigenvalue weighted by atomic mass is 19.1. The van der Waals surface area contributed by atoms with Crippen LogP contribution in [0.15, 0.2) is 18.2 Å². The van der Waals surface area contributed by atoms with E-state index in [0.717, 1.165) is 19.3 Å². The third-order valence-corrected chi connectivity index (χ3v) is 2.92. The minimum absolute atomic E-state index is 0.168. The average Bonchev–Trinajstić information content (AvgIpc) is 2.37. The van der Waals surface area contributed by atoms with Crippen LogP contribution in [0.3, 0.4) is 0 Å². The molecule has 0 aliphatic rings. The number of benzene rings is 1. The van der Waals surface area contributed by atoms with Crippen LogP contribution in [-0.4, -0.2) is 18.3 Å². The van der Waals surface area contributed by atoms with E-state index in [1.165, 1.54) is 12.1 Å². The standard InChI is InChI=1S/C14H19FN2O/c1-2-3-11(6-7-18)10-17-14-5-4-13(15)8-12(14)9-16/h4-5,8,11,17-18H,2-3,6-7,10H2,1H3. The molecule has 1 atom stereocenters. The summed E-state index contributed by atoms with van der Waals surface area (Å²) in [5.74, 6) is -0.0332. The molecule has 0 saturated heterocycles. The number of aliphatic hydroxyl groups is 1. The van der Waals surface area contributed by atoms with Gasteiger partial charge < -0.3 is 10.4 Å². The van der Waals surface area contributed by atoms with E-state index in [9.17, 15) is 4.39 Å². The Bertz CT molecular complexity index is 409. The number of hydrogen-bond acceptors (Lipinski definition) is 3. The van der Waals surface area contributed by atoms with Crippen LogP contribution in [0.2, 0.25) is 0 Å². The van der Waals surface area contributed by atoms with E-state index >= 15 is 0 Å². The van der Waals surface area contributed by atoms with Gasteiger partial charge in [0, 0.05) is 13.2 Å². The highest BCUT2D eigenvalue weighted by Crippen LogP contribution is 2.18. The Morgan fingerprint density at radius 3 is 2.83 bits per heavy atom. The lowest BCUT2D eigenvalue weighted by Crippen LogP contribution is -2.16. The minimum atomic E-state index is -0.405. The number of nitrogens with one attached hydrogen (secondary N) is 1. The zero-order valence-electron chi connectivity index (χ0n) is 10.6. The van der Waals surface area contributed by atoms with Crippen molar-refractivity contribution in [3.05, 3.63) is 29.6 Å². The molecule has 1 aromatic carbocycles. The van der Waals surface area contributed by atoms with Gasteiger partial charge in [0.05, 0.1) is 11.3 Å². The lowest BCUT2D eigenvalue weighted by atomic mass is 10.00. The molecule has 2 N–H and O–H groups in total. The monoisotopic (exact) mass is 250 g/mol. The Morgan fingerprint density at radius 1 is 1.44 bits per heavy atom. The largest absolute Gasteiger partial charge is 0.396 e. The number of anilines is 1. The summed E-state index contributed by atoms with van der Waals surface area (Å²) >= 11 is 0. The van der Waals surface area contributed by atoms with Gasteiger partial charge in [0.1, 0.15) is 11.9 Å². The molecule has 18 heavy (non-hydrogen) atoms. The van der Waals surface area contributed by atoms with Crippen LogP contribution in [0.4, 0.5) is 10.1 Å². The van der Waals surface area contributed by atoms with Gasteiger partial charge in [0.2, 0.25) is 0 Å². The van der Waals surface area contributed by atoms with E-state index in [1.807, 2.05) is 6.07 Å². The zero-order chi connectivity index (χ0) is 13.4. The quantitative estimate of drug-likeness (QED) is 0.782. The third kappa shape index (κ3) is 4.34. The Balaban J connectivity index is 2.64. The van der Waals surface area contributed by atoms with Gasteiger partial charge in [0.25, 0.3) is 0 Å². The van der Waals surface area contributed by atoms with Crippen LogP contribution in [0.5, 0.6) is 0 Å². The molecule has 1 unspecified atom stereocenters. The highest BCUT2D eigenvalue weighted by Gasteiger charge is 2.09. The second kappa shape index (κ2) is 7.67. The fraction of sp³-hybridized carbons (Fsp3) is 0.500. The molecule has 0 aliphatic carbocycles. The van der Waals surface area contributed by atoms with E-state index in [4.69, 9.17) is 10.4 Å². The van der Waals surface area contributed by atoms with Gasteiger partial charge in [-0.2, -0.15) is 5.26 Å². The van der Waals surface area contributed by atoms with E-state index in [-0.39, 0.29) is 6.61 Å². The molecule has 0 amide bonds. The first-order chi connectivity index (χ1) is 8.71. The van der Waals surface area contributed by atoms with Crippen LogP contribution in [0, 0.1) is 23.1 Å². The van der Waals surface area contributed by atoms with Crippen molar-refractivity contribution in [1.29, 1.82) is 5.26 Å². The van der Waals surface area contributed by atoms with E-state index in [1.54, 1.807) is 6.07 Å². The lowest BCUT2D eigenvalue weighted by Gasteiger charge is -2.17. The summed E-state index contributed by atoms with van der Waals surface area (Å²) in [5, 5.41) is 21.0. The van der Waals surface area contributed by atoms with Crippen molar-refractivity contribution >= 4 is 5.69 Å². The number of hydrogen-bond donors (Lipinski definition) is 2. The fourth-order valence-electron chi connectivity index (χ4n) is 1.96. The van der Waals surface area contributed by atoms with Crippen molar-refractivity contribution in [2.75, 3.05) is 18.5 Å². The number of aliphatic hydroxyl groups excluding tert-OH is 1. The molecule has 0 saturated carbocycles. The molecular weight excluding hydrogens is 231 g/mol. The third-order valence-electron chi connectivity index (χ3n) is 2.92. The molecule has 0 aliphatic heterocycles. The van der Waals surface area contributed by atoms with Gasteiger partial charge in [-0.05, 0) is 37.0 Å². The van der Waals surface area contributed by atoms with Crippen LogP contribution in [0.25, 0.3) is 0 Å². The molecule has 98 valence electrons. The van der Waals surface area contributed by atoms with E-state index < -0.39 is 5.82 Å². The Hall–Kier alpha value is -1.60. The predicted molar refractivity (Wildman–Crippen MR) is 69.7 cm³/mol. The Kier molecular flexibility index (Phi) is 6.16. The van der Waals surface area contributed by atoms with Crippen LogP contribution < -0.4 is 5.32 Å². The SMILES string of the molecule is CCCC(CCO)CNc1ccc(F)cc1C#N. The summed E-state index contributed by atoms with van der Waals surface area (Å²) in [5.41, 5.74) is 0.965. The van der Waals surface area contributed by atoms with Gasteiger partial charge in [-0.1, -0.05) is 13.3 Å². The van der Waals surface area contributed by atoms with Gasteiger partial charge in [-0.3, -0.25) is 0 Å². The summed E-state index contributed by atoms with van der Waals surface area (Å²) in [6.45, 7) is 2.96. The first-order valence-corrected chi connectivity index (χ1v) is 6.25. The van der Waals surface area contributed by atoms with Crippen molar-refractivity contribution in [2.24, 2.45) is 5.92 Å². The number of halogens is 1. The molecule has 4 heteroatoms. The fourth-order valence-corrected chi connectivity index (χ4v) is 1.96. The zero-order valence-corrected chi connectivity index (χ0v) is 10.6. The maximum Gasteiger partial charge on any atom is 0.124 e. The molecule has 0 aromatic heterocycles. The summed E-state index contributed by atoms with van der Waals surface area (Å²) < 4.78 is 13.0. The second-order valence-corrected chi connectivity index (χ2v) is 4.35. The predicted octanol–water partition coefficient (Wildman–Crippen LogP) is 2.91. The Labute approximate surface area is 107 Å². The minimum Gasteiger partial charge on any atom is -0.396 e. The van der Waals surface area contributed by atoms with Crippen molar-refractivity contribution in [1.82, 2.24) is 0 Å². The highest BCUT2D eigenvalue weighted by molar-refractivity contribution is 5.57. The Morgan fingerprint density at radius 2 is 2.22 bits per heavy atom. The molecule has 1 aromatic rings. The van der Waals surface area contributed by atoms with E-state index in [2.05, 4.69) is 12.2 Å². The van der Waals surface area contributed by atoms with Crippen molar-refractivity contribution in [3.63, 3.8) is 0 Å². The van der Waals surface area contributed by atoms with Crippen molar-refractivity contribution in [3.8, 4) is 6.07 Å². The topological polar surface area (TPSA) is 56.0 Å². The number of rotatable bonds is 7. The van der Waals surface area contributed by atoms with Crippen LogP contribution in [-0.2, 0) is 0 Å². The van der Waals surface area contributed by atoms with E-state index in [0.29, 0.717) is 23.7 Å².